The molecule has 7 nitrogen and oxygen atoms in total. The van der Waals surface area contributed by atoms with Gasteiger partial charge in [0, 0.05) is 48.1 Å². The van der Waals surface area contributed by atoms with Crippen LogP contribution >= 0.6 is 27.3 Å². The first-order valence-electron chi connectivity index (χ1n) is 9.36. The Hall–Kier alpha value is -2.26. The van der Waals surface area contributed by atoms with Crippen LogP contribution in [0.25, 0.3) is 5.69 Å². The van der Waals surface area contributed by atoms with E-state index in [1.165, 1.54) is 0 Å². The summed E-state index contributed by atoms with van der Waals surface area (Å²) in [6, 6.07) is 7.94. The largest absolute Gasteiger partial charge is 0.345 e. The molecule has 1 saturated carbocycles. The van der Waals surface area contributed by atoms with Crippen LogP contribution in [0, 0.1) is 0 Å². The molecular weight excluding hydrogens is 440 g/mol. The first-order valence-corrected chi connectivity index (χ1v) is 11.0. The van der Waals surface area contributed by atoms with Gasteiger partial charge in [-0.1, -0.05) is 21.1 Å². The third kappa shape index (κ3) is 3.33. The number of hydrogen-bond donors (Lipinski definition) is 0. The summed E-state index contributed by atoms with van der Waals surface area (Å²) < 4.78 is 2.85. The number of carbonyl (C=O) groups is 1. The number of rotatable bonds is 4. The highest BCUT2D eigenvalue weighted by Crippen LogP contribution is 2.42. The number of anilines is 1. The Balaban J connectivity index is 1.37. The number of benzene rings is 1. The van der Waals surface area contributed by atoms with Gasteiger partial charge in [-0.05, 0) is 37.1 Å². The maximum absolute atomic E-state index is 13.2. The fourth-order valence-corrected chi connectivity index (χ4v) is 4.52. The number of thiazole rings is 1. The smallest absolute Gasteiger partial charge is 0.276 e. The Morgan fingerprint density at radius 2 is 1.86 bits per heavy atom. The van der Waals surface area contributed by atoms with Crippen molar-refractivity contribution >= 4 is 38.3 Å². The molecule has 3 aromatic rings. The fourth-order valence-electron chi connectivity index (χ4n) is 3.56. The van der Waals surface area contributed by atoms with E-state index in [9.17, 15) is 4.79 Å². The summed E-state index contributed by atoms with van der Waals surface area (Å²) in [6.45, 7) is 2.93. The van der Waals surface area contributed by atoms with E-state index in [1.54, 1.807) is 11.3 Å². The molecule has 28 heavy (non-hydrogen) atoms. The summed E-state index contributed by atoms with van der Waals surface area (Å²) >= 11 is 5.10. The molecule has 1 saturated heterocycles. The summed E-state index contributed by atoms with van der Waals surface area (Å²) in [7, 11) is 0. The van der Waals surface area contributed by atoms with E-state index in [4.69, 9.17) is 0 Å². The van der Waals surface area contributed by atoms with Gasteiger partial charge < -0.3 is 9.80 Å². The van der Waals surface area contributed by atoms with Gasteiger partial charge in [-0.3, -0.25) is 4.79 Å². The van der Waals surface area contributed by atoms with E-state index in [-0.39, 0.29) is 5.91 Å². The summed E-state index contributed by atoms with van der Waals surface area (Å²) in [5, 5.41) is 11.6. The van der Waals surface area contributed by atoms with Crippen LogP contribution in [0.3, 0.4) is 0 Å². The highest BCUT2D eigenvalue weighted by atomic mass is 79.9. The van der Waals surface area contributed by atoms with Gasteiger partial charge in [-0.25, -0.2) is 9.67 Å². The zero-order valence-corrected chi connectivity index (χ0v) is 17.6. The second kappa shape index (κ2) is 7.29. The normalized spacial score (nSPS) is 17.2. The van der Waals surface area contributed by atoms with E-state index >= 15 is 0 Å². The summed E-state index contributed by atoms with van der Waals surface area (Å²) in [5.74, 6) is 0.359. The maximum Gasteiger partial charge on any atom is 0.276 e. The second-order valence-electron chi connectivity index (χ2n) is 7.08. The van der Waals surface area contributed by atoms with Crippen LogP contribution in [0.15, 0.2) is 40.3 Å². The highest BCUT2D eigenvalue weighted by Gasteiger charge is 2.36. The number of nitrogens with zero attached hydrogens (tertiary/aromatic N) is 6. The Kier molecular flexibility index (Phi) is 4.64. The number of amides is 1. The third-order valence-electron chi connectivity index (χ3n) is 5.20. The molecular formula is C19H19BrN6OS. The second-order valence-corrected chi connectivity index (χ2v) is 8.87. The summed E-state index contributed by atoms with van der Waals surface area (Å²) in [6.07, 6.45) is 3.99. The predicted molar refractivity (Wildman–Crippen MR) is 111 cm³/mol. The number of hydrogen-bond acceptors (Lipinski definition) is 6. The lowest BCUT2D eigenvalue weighted by Crippen LogP contribution is -2.49. The van der Waals surface area contributed by atoms with Crippen molar-refractivity contribution in [1.82, 2.24) is 24.9 Å². The minimum atomic E-state index is -0.0101. The van der Waals surface area contributed by atoms with Crippen molar-refractivity contribution in [2.24, 2.45) is 0 Å². The van der Waals surface area contributed by atoms with Gasteiger partial charge in [-0.2, -0.15) is 0 Å². The summed E-state index contributed by atoms with van der Waals surface area (Å²) in [4.78, 5) is 21.7. The highest BCUT2D eigenvalue weighted by molar-refractivity contribution is 9.10. The molecule has 2 aliphatic rings. The van der Waals surface area contributed by atoms with Crippen molar-refractivity contribution in [2.75, 3.05) is 31.1 Å². The molecule has 144 valence electrons. The van der Waals surface area contributed by atoms with Crippen LogP contribution < -0.4 is 4.90 Å². The minimum Gasteiger partial charge on any atom is -0.345 e. The quantitative estimate of drug-likeness (QED) is 0.599. The van der Waals surface area contributed by atoms with Crippen LogP contribution in [-0.4, -0.2) is 57.0 Å². The zero-order valence-electron chi connectivity index (χ0n) is 15.2. The third-order valence-corrected chi connectivity index (χ3v) is 6.56. The molecule has 0 unspecified atom stereocenters. The minimum absolute atomic E-state index is 0.0101. The molecule has 3 heterocycles. The van der Waals surface area contributed by atoms with Crippen molar-refractivity contribution in [3.05, 3.63) is 51.7 Å². The molecule has 0 spiro atoms. The Morgan fingerprint density at radius 3 is 2.50 bits per heavy atom. The molecule has 2 fully saturated rings. The molecule has 0 atom stereocenters. The maximum atomic E-state index is 13.2. The lowest BCUT2D eigenvalue weighted by Gasteiger charge is -2.34. The van der Waals surface area contributed by atoms with Crippen LogP contribution in [-0.2, 0) is 0 Å². The Morgan fingerprint density at radius 1 is 1.11 bits per heavy atom. The average Bonchev–Trinajstić information content (AvgIpc) is 3.24. The zero-order chi connectivity index (χ0) is 19.1. The van der Waals surface area contributed by atoms with Gasteiger partial charge in [0.15, 0.2) is 10.8 Å². The predicted octanol–water partition coefficient (Wildman–Crippen LogP) is 3.33. The van der Waals surface area contributed by atoms with Crippen LogP contribution in [0.4, 0.5) is 5.13 Å². The monoisotopic (exact) mass is 458 g/mol. The fraction of sp³-hybridized carbons (Fsp3) is 0.368. The van der Waals surface area contributed by atoms with Gasteiger partial charge in [0.25, 0.3) is 5.91 Å². The molecule has 5 rings (SSSR count). The molecule has 0 N–H and O–H groups in total. The van der Waals surface area contributed by atoms with E-state index in [1.807, 2.05) is 45.4 Å². The van der Waals surface area contributed by atoms with E-state index < -0.39 is 0 Å². The van der Waals surface area contributed by atoms with E-state index in [0.717, 1.165) is 46.9 Å². The molecule has 1 aliphatic heterocycles. The van der Waals surface area contributed by atoms with Crippen molar-refractivity contribution in [3.63, 3.8) is 0 Å². The van der Waals surface area contributed by atoms with Crippen molar-refractivity contribution in [3.8, 4) is 5.69 Å². The van der Waals surface area contributed by atoms with Crippen LogP contribution in [0.5, 0.6) is 0 Å². The van der Waals surface area contributed by atoms with Crippen LogP contribution in [0.2, 0.25) is 0 Å². The van der Waals surface area contributed by atoms with Crippen molar-refractivity contribution in [2.45, 2.75) is 18.8 Å². The lowest BCUT2D eigenvalue weighted by atomic mass is 10.2. The molecule has 0 radical (unpaired) electrons. The number of carbonyl (C=O) groups excluding carboxylic acids is 1. The number of aromatic nitrogens is 4. The van der Waals surface area contributed by atoms with Gasteiger partial charge in [0.05, 0.1) is 11.4 Å². The number of halogens is 1. The Bertz CT molecular complexity index is 975. The van der Waals surface area contributed by atoms with E-state index in [0.29, 0.717) is 24.7 Å². The van der Waals surface area contributed by atoms with Gasteiger partial charge in [-0.15, -0.1) is 16.4 Å². The molecule has 1 aromatic carbocycles. The first kappa shape index (κ1) is 17.8. The topological polar surface area (TPSA) is 67.2 Å². The molecule has 1 amide bonds. The first-order chi connectivity index (χ1) is 13.7. The standard InChI is InChI=1S/C19H19BrN6OS/c20-14-3-5-15(6-4-14)26-17(13-1-2-13)16(22-23-26)18(27)24-8-10-25(11-9-24)19-21-7-12-28-19/h3-7,12-13H,1-2,8-11H2. The van der Waals surface area contributed by atoms with E-state index in [2.05, 4.69) is 36.1 Å². The SMILES string of the molecule is O=C(c1nnn(-c2ccc(Br)cc2)c1C1CC1)N1CCN(c2nccs2)CC1. The Labute approximate surface area is 175 Å². The summed E-state index contributed by atoms with van der Waals surface area (Å²) in [5.41, 5.74) is 2.40. The van der Waals surface area contributed by atoms with Crippen molar-refractivity contribution < 1.29 is 4.79 Å². The lowest BCUT2D eigenvalue weighted by molar-refractivity contribution is 0.0739. The molecule has 9 heteroatoms. The average molecular weight is 459 g/mol. The van der Waals surface area contributed by atoms with Crippen LogP contribution in [0.1, 0.15) is 34.9 Å². The van der Waals surface area contributed by atoms with Gasteiger partial charge >= 0.3 is 0 Å². The molecule has 2 aromatic heterocycles. The van der Waals surface area contributed by atoms with Gasteiger partial charge in [0.1, 0.15) is 0 Å². The van der Waals surface area contributed by atoms with Crippen molar-refractivity contribution in [1.29, 1.82) is 0 Å². The van der Waals surface area contributed by atoms with Gasteiger partial charge in [0.2, 0.25) is 0 Å². The molecule has 1 aliphatic carbocycles. The molecule has 0 bridgehead atoms. The number of piperazine rings is 1.